The van der Waals surface area contributed by atoms with Gasteiger partial charge in [-0.1, -0.05) is 0 Å². The molecule has 1 aromatic heterocycles. The Hall–Kier alpha value is -2.55. The molecule has 0 saturated carbocycles. The molecule has 0 bridgehead atoms. The largest absolute Gasteiger partial charge is 0.494 e. The number of hydrogen-bond donors (Lipinski definition) is 1. The molecule has 1 fully saturated rings. The van der Waals surface area contributed by atoms with Crippen molar-refractivity contribution in [3.63, 3.8) is 0 Å². The maximum absolute atomic E-state index is 12.5. The molecule has 2 aromatic rings. The zero-order valence-electron chi connectivity index (χ0n) is 16.0. The van der Waals surface area contributed by atoms with Crippen molar-refractivity contribution >= 4 is 32.7 Å². The van der Waals surface area contributed by atoms with Gasteiger partial charge in [-0.2, -0.15) is 0 Å². The van der Waals surface area contributed by atoms with Crippen LogP contribution in [0.2, 0.25) is 0 Å². The Morgan fingerprint density at radius 2 is 2.11 bits per heavy atom. The Morgan fingerprint density at radius 1 is 1.36 bits per heavy atom. The molecule has 28 heavy (non-hydrogen) atoms. The third-order valence-electron chi connectivity index (χ3n) is 4.64. The van der Waals surface area contributed by atoms with Gasteiger partial charge in [-0.15, -0.1) is 0 Å². The maximum Gasteiger partial charge on any atom is 0.375 e. The lowest BCUT2D eigenvalue weighted by molar-refractivity contribution is -0.129. The third-order valence-corrected chi connectivity index (χ3v) is 6.40. The number of carbonyl (C=O) groups is 2. The van der Waals surface area contributed by atoms with Crippen LogP contribution in [-0.2, 0) is 19.4 Å². The molecule has 152 valence electrons. The molecule has 8 nitrogen and oxygen atoms in total. The number of fused-ring (bicyclic) bond motifs is 1. The van der Waals surface area contributed by atoms with Gasteiger partial charge >= 0.3 is 5.97 Å². The van der Waals surface area contributed by atoms with E-state index in [0.717, 1.165) is 5.39 Å². The molecular formula is C19H23NO7S. The molecule has 1 aliphatic rings. The average molecular weight is 409 g/mol. The Morgan fingerprint density at radius 3 is 2.75 bits per heavy atom. The first-order chi connectivity index (χ1) is 13.2. The fourth-order valence-electron chi connectivity index (χ4n) is 3.15. The van der Waals surface area contributed by atoms with Gasteiger partial charge in [-0.3, -0.25) is 4.79 Å². The molecule has 3 rings (SSSR count). The highest BCUT2D eigenvalue weighted by molar-refractivity contribution is 7.91. The Bertz CT molecular complexity index is 1010. The standard InChI is InChI=1S/C19H23NO7S/c1-4-25-14-5-6-16-15(9-14)11(2)17(27-16)19(22)26-12(3)18(21)20-13-7-8-28(23,24)10-13/h5-6,9,12-13H,4,7-8,10H2,1-3H3,(H,20,21)/t12-,13-/m1/s1. The van der Waals surface area contributed by atoms with E-state index in [0.29, 0.717) is 29.9 Å². The maximum atomic E-state index is 12.5. The number of benzene rings is 1. The number of ether oxygens (including phenoxy) is 2. The van der Waals surface area contributed by atoms with E-state index in [1.165, 1.54) is 6.92 Å². The molecule has 2 heterocycles. The average Bonchev–Trinajstić information content (AvgIpc) is 3.14. The van der Waals surface area contributed by atoms with Crippen LogP contribution in [0.15, 0.2) is 22.6 Å². The zero-order valence-corrected chi connectivity index (χ0v) is 16.8. The van der Waals surface area contributed by atoms with Gasteiger partial charge in [-0.05, 0) is 45.4 Å². The molecule has 1 amide bonds. The fraction of sp³-hybridized carbons (Fsp3) is 0.474. The van der Waals surface area contributed by atoms with Crippen molar-refractivity contribution in [2.24, 2.45) is 0 Å². The van der Waals surface area contributed by atoms with Crippen molar-refractivity contribution in [2.45, 2.75) is 39.3 Å². The SMILES string of the molecule is CCOc1ccc2oc(C(=O)O[C@H](C)C(=O)N[C@@H]3CCS(=O)(=O)C3)c(C)c2c1. The van der Waals surface area contributed by atoms with E-state index in [-0.39, 0.29) is 17.3 Å². The van der Waals surface area contributed by atoms with E-state index in [4.69, 9.17) is 13.9 Å². The van der Waals surface area contributed by atoms with E-state index < -0.39 is 33.9 Å². The second-order valence-corrected chi connectivity index (χ2v) is 9.03. The molecule has 2 atom stereocenters. The summed E-state index contributed by atoms with van der Waals surface area (Å²) in [6.45, 7) is 5.56. The number of furan rings is 1. The molecule has 0 unspecified atom stereocenters. The number of aryl methyl sites for hydroxylation is 1. The number of hydrogen-bond acceptors (Lipinski definition) is 7. The second-order valence-electron chi connectivity index (χ2n) is 6.80. The van der Waals surface area contributed by atoms with Crippen LogP contribution in [0.1, 0.15) is 36.4 Å². The Balaban J connectivity index is 1.68. The van der Waals surface area contributed by atoms with Gasteiger partial charge in [0.1, 0.15) is 11.3 Å². The van der Waals surface area contributed by atoms with Crippen molar-refractivity contribution in [1.29, 1.82) is 0 Å². The minimum absolute atomic E-state index is 0.0201. The van der Waals surface area contributed by atoms with Gasteiger partial charge in [0.15, 0.2) is 15.9 Å². The van der Waals surface area contributed by atoms with Gasteiger partial charge in [-0.25, -0.2) is 13.2 Å². The minimum Gasteiger partial charge on any atom is -0.494 e. The lowest BCUT2D eigenvalue weighted by atomic mass is 10.1. The fourth-order valence-corrected chi connectivity index (χ4v) is 4.82. The number of amides is 1. The van der Waals surface area contributed by atoms with E-state index in [2.05, 4.69) is 5.32 Å². The van der Waals surface area contributed by atoms with Gasteiger partial charge in [0, 0.05) is 17.0 Å². The number of rotatable bonds is 6. The molecule has 9 heteroatoms. The second kappa shape index (κ2) is 7.83. The summed E-state index contributed by atoms with van der Waals surface area (Å²) in [6, 6.07) is 4.78. The molecule has 0 spiro atoms. The van der Waals surface area contributed by atoms with Crippen LogP contribution < -0.4 is 10.1 Å². The quantitative estimate of drug-likeness (QED) is 0.726. The van der Waals surface area contributed by atoms with Gasteiger partial charge < -0.3 is 19.2 Å². The summed E-state index contributed by atoms with van der Waals surface area (Å²) in [7, 11) is -3.11. The monoisotopic (exact) mass is 409 g/mol. The van der Waals surface area contributed by atoms with Crippen LogP contribution in [0.4, 0.5) is 0 Å². The Labute approximate surface area is 163 Å². The van der Waals surface area contributed by atoms with Gasteiger partial charge in [0.2, 0.25) is 5.76 Å². The summed E-state index contributed by atoms with van der Waals surface area (Å²) >= 11 is 0. The van der Waals surface area contributed by atoms with E-state index in [9.17, 15) is 18.0 Å². The van der Waals surface area contributed by atoms with Crippen LogP contribution in [-0.4, -0.2) is 50.6 Å². The van der Waals surface area contributed by atoms with E-state index in [1.807, 2.05) is 6.92 Å². The van der Waals surface area contributed by atoms with E-state index in [1.54, 1.807) is 25.1 Å². The zero-order chi connectivity index (χ0) is 20.5. The van der Waals surface area contributed by atoms with Crippen molar-refractivity contribution in [3.05, 3.63) is 29.5 Å². The first-order valence-electron chi connectivity index (χ1n) is 9.08. The smallest absolute Gasteiger partial charge is 0.375 e. The number of nitrogens with one attached hydrogen (secondary N) is 1. The van der Waals surface area contributed by atoms with Crippen molar-refractivity contribution in [1.82, 2.24) is 5.32 Å². The molecule has 1 N–H and O–H groups in total. The van der Waals surface area contributed by atoms with Crippen LogP contribution in [0.25, 0.3) is 11.0 Å². The normalized spacial score (nSPS) is 19.3. The first-order valence-corrected chi connectivity index (χ1v) is 10.9. The van der Waals surface area contributed by atoms with Gasteiger partial charge in [0.25, 0.3) is 5.91 Å². The molecular weight excluding hydrogens is 386 g/mol. The topological polar surface area (TPSA) is 112 Å². The minimum atomic E-state index is -3.11. The summed E-state index contributed by atoms with van der Waals surface area (Å²) in [5.74, 6) is -0.654. The van der Waals surface area contributed by atoms with Gasteiger partial charge in [0.05, 0.1) is 18.1 Å². The Kier molecular flexibility index (Phi) is 5.64. The highest BCUT2D eigenvalue weighted by Gasteiger charge is 2.31. The summed E-state index contributed by atoms with van der Waals surface area (Å²) in [6.07, 6.45) is -0.720. The molecule has 1 aromatic carbocycles. The van der Waals surface area contributed by atoms with Crippen molar-refractivity contribution < 1.29 is 31.9 Å². The molecule has 0 radical (unpaired) electrons. The summed E-state index contributed by atoms with van der Waals surface area (Å²) < 4.78 is 39.2. The number of sulfone groups is 1. The lowest BCUT2D eigenvalue weighted by Crippen LogP contribution is -2.42. The van der Waals surface area contributed by atoms with Crippen molar-refractivity contribution in [2.75, 3.05) is 18.1 Å². The predicted octanol–water partition coefficient (Wildman–Crippen LogP) is 1.99. The third kappa shape index (κ3) is 4.30. The van der Waals surface area contributed by atoms with E-state index >= 15 is 0 Å². The highest BCUT2D eigenvalue weighted by Crippen LogP contribution is 2.29. The first kappa shape index (κ1) is 20.2. The lowest BCUT2D eigenvalue weighted by Gasteiger charge is -2.16. The summed E-state index contributed by atoms with van der Waals surface area (Å²) in [5.41, 5.74) is 1.11. The molecule has 0 aliphatic carbocycles. The van der Waals surface area contributed by atoms with Crippen LogP contribution in [0.3, 0.4) is 0 Å². The molecule has 1 saturated heterocycles. The van der Waals surface area contributed by atoms with Crippen LogP contribution >= 0.6 is 0 Å². The molecule has 1 aliphatic heterocycles. The summed E-state index contributed by atoms with van der Waals surface area (Å²) in [4.78, 5) is 24.7. The van der Waals surface area contributed by atoms with Crippen LogP contribution in [0, 0.1) is 6.92 Å². The van der Waals surface area contributed by atoms with Crippen molar-refractivity contribution in [3.8, 4) is 5.75 Å². The van der Waals surface area contributed by atoms with Crippen LogP contribution in [0.5, 0.6) is 5.75 Å². The predicted molar refractivity (Wildman–Crippen MR) is 102 cm³/mol. The summed E-state index contributed by atoms with van der Waals surface area (Å²) in [5, 5.41) is 3.34. The number of esters is 1. The highest BCUT2D eigenvalue weighted by atomic mass is 32.2. The number of carbonyl (C=O) groups excluding carboxylic acids is 2.